The molecule has 3 aliphatic rings. The van der Waals surface area contributed by atoms with Crippen molar-refractivity contribution < 1.29 is 4.79 Å². The molecule has 1 spiro atoms. The highest BCUT2D eigenvalue weighted by Gasteiger charge is 2.54. The number of allylic oxidation sites excluding steroid dienone is 4. The lowest BCUT2D eigenvalue weighted by molar-refractivity contribution is -0.127. The molecule has 1 saturated carbocycles. The van der Waals surface area contributed by atoms with E-state index in [2.05, 4.69) is 30.5 Å². The normalized spacial score (nSPS) is 43.0. The van der Waals surface area contributed by atoms with Crippen LogP contribution in [0.5, 0.6) is 0 Å². The van der Waals surface area contributed by atoms with E-state index in [0.717, 1.165) is 32.2 Å². The van der Waals surface area contributed by atoms with Crippen LogP contribution in [0.25, 0.3) is 0 Å². The third kappa shape index (κ3) is 1.14. The molecule has 3 rings (SSSR count). The third-order valence-electron chi connectivity index (χ3n) is 4.41. The Morgan fingerprint density at radius 3 is 3.00 bits per heavy atom. The third-order valence-corrected chi connectivity index (χ3v) is 4.41. The summed E-state index contributed by atoms with van der Waals surface area (Å²) >= 11 is 0. The number of carbonyl (C=O) groups is 1. The highest BCUT2D eigenvalue weighted by Crippen LogP contribution is 2.58. The Morgan fingerprint density at radius 1 is 1.47 bits per heavy atom. The van der Waals surface area contributed by atoms with E-state index in [1.165, 1.54) is 5.57 Å². The topological polar surface area (TPSA) is 29.1 Å². The molecule has 0 aromatic carbocycles. The number of amides is 1. The SMILES string of the molecule is CC12CC=CC=C1CC1(CCNC1=O)C2. The van der Waals surface area contributed by atoms with Crippen molar-refractivity contribution >= 4 is 5.91 Å². The summed E-state index contributed by atoms with van der Waals surface area (Å²) in [5.74, 6) is 0.291. The van der Waals surface area contributed by atoms with Gasteiger partial charge in [0.05, 0.1) is 5.41 Å². The predicted octanol–water partition coefficient (Wildman–Crippen LogP) is 2.18. The highest BCUT2D eigenvalue weighted by atomic mass is 16.2. The van der Waals surface area contributed by atoms with E-state index >= 15 is 0 Å². The molecular formula is C13H17NO. The van der Waals surface area contributed by atoms with Gasteiger partial charge in [0.1, 0.15) is 0 Å². The van der Waals surface area contributed by atoms with Crippen LogP contribution in [0.4, 0.5) is 0 Å². The first-order chi connectivity index (χ1) is 7.15. The second-order valence-electron chi connectivity index (χ2n) is 5.52. The van der Waals surface area contributed by atoms with Crippen molar-refractivity contribution in [3.63, 3.8) is 0 Å². The maximum Gasteiger partial charge on any atom is 0.226 e. The van der Waals surface area contributed by atoms with E-state index < -0.39 is 0 Å². The first-order valence-electron chi connectivity index (χ1n) is 5.79. The van der Waals surface area contributed by atoms with Gasteiger partial charge in [0.15, 0.2) is 0 Å². The molecule has 1 aliphatic heterocycles. The van der Waals surface area contributed by atoms with Crippen molar-refractivity contribution in [3.05, 3.63) is 23.8 Å². The molecule has 80 valence electrons. The monoisotopic (exact) mass is 203 g/mol. The van der Waals surface area contributed by atoms with Crippen molar-refractivity contribution in [3.8, 4) is 0 Å². The fourth-order valence-electron chi connectivity index (χ4n) is 3.53. The number of hydrogen-bond donors (Lipinski definition) is 1. The lowest BCUT2D eigenvalue weighted by Crippen LogP contribution is -2.29. The van der Waals surface area contributed by atoms with Gasteiger partial charge in [-0.25, -0.2) is 0 Å². The van der Waals surface area contributed by atoms with Crippen LogP contribution in [0, 0.1) is 10.8 Å². The maximum absolute atomic E-state index is 11.9. The second kappa shape index (κ2) is 2.75. The zero-order valence-electron chi connectivity index (χ0n) is 9.18. The van der Waals surface area contributed by atoms with Crippen LogP contribution >= 0.6 is 0 Å². The van der Waals surface area contributed by atoms with E-state index in [4.69, 9.17) is 0 Å². The van der Waals surface area contributed by atoms with Gasteiger partial charge in [-0.3, -0.25) is 4.79 Å². The molecule has 2 atom stereocenters. The Hall–Kier alpha value is -1.05. The summed E-state index contributed by atoms with van der Waals surface area (Å²) < 4.78 is 0. The molecule has 0 aromatic rings. The average Bonchev–Trinajstić information content (AvgIpc) is 2.68. The zero-order chi connectivity index (χ0) is 10.5. The van der Waals surface area contributed by atoms with Gasteiger partial charge in [-0.15, -0.1) is 0 Å². The largest absolute Gasteiger partial charge is 0.356 e. The maximum atomic E-state index is 11.9. The Morgan fingerprint density at radius 2 is 2.33 bits per heavy atom. The van der Waals surface area contributed by atoms with E-state index in [9.17, 15) is 4.79 Å². The minimum absolute atomic E-state index is 0.0629. The molecule has 1 heterocycles. The quantitative estimate of drug-likeness (QED) is 0.642. The van der Waals surface area contributed by atoms with Crippen LogP contribution in [0.2, 0.25) is 0 Å². The highest BCUT2D eigenvalue weighted by molar-refractivity contribution is 5.86. The van der Waals surface area contributed by atoms with Crippen molar-refractivity contribution in [2.45, 2.75) is 32.6 Å². The zero-order valence-corrected chi connectivity index (χ0v) is 9.18. The smallest absolute Gasteiger partial charge is 0.226 e. The summed E-state index contributed by atoms with van der Waals surface area (Å²) in [7, 11) is 0. The second-order valence-corrected chi connectivity index (χ2v) is 5.52. The van der Waals surface area contributed by atoms with Crippen molar-refractivity contribution in [1.29, 1.82) is 0 Å². The standard InChI is InChI=1S/C13H17NO/c1-12-5-3-2-4-10(12)8-13(9-12)6-7-14-11(13)15/h2-4H,5-9H2,1H3,(H,14,15). The van der Waals surface area contributed by atoms with Gasteiger partial charge in [0, 0.05) is 6.54 Å². The first kappa shape index (κ1) is 9.20. The molecule has 1 amide bonds. The molecule has 2 nitrogen and oxygen atoms in total. The molecule has 15 heavy (non-hydrogen) atoms. The van der Waals surface area contributed by atoms with Crippen molar-refractivity contribution in [2.24, 2.45) is 10.8 Å². The van der Waals surface area contributed by atoms with E-state index in [-0.39, 0.29) is 10.8 Å². The van der Waals surface area contributed by atoms with E-state index in [1.54, 1.807) is 0 Å². The first-order valence-corrected chi connectivity index (χ1v) is 5.79. The summed E-state index contributed by atoms with van der Waals surface area (Å²) in [6.45, 7) is 3.18. The Balaban J connectivity index is 1.98. The molecule has 2 fully saturated rings. The van der Waals surface area contributed by atoms with Crippen LogP contribution in [-0.4, -0.2) is 12.5 Å². The lowest BCUT2D eigenvalue weighted by atomic mass is 9.76. The average molecular weight is 203 g/mol. The predicted molar refractivity (Wildman–Crippen MR) is 59.2 cm³/mol. The van der Waals surface area contributed by atoms with Gasteiger partial charge in [-0.1, -0.05) is 30.7 Å². The number of nitrogens with one attached hydrogen (secondary N) is 1. The number of carbonyl (C=O) groups excluding carboxylic acids is 1. The molecular weight excluding hydrogens is 186 g/mol. The van der Waals surface area contributed by atoms with Gasteiger partial charge in [0.25, 0.3) is 0 Å². The summed E-state index contributed by atoms with van der Waals surface area (Å²) in [5.41, 5.74) is 1.69. The molecule has 2 heteroatoms. The summed E-state index contributed by atoms with van der Waals surface area (Å²) in [4.78, 5) is 11.9. The van der Waals surface area contributed by atoms with E-state index in [0.29, 0.717) is 5.91 Å². The molecule has 1 saturated heterocycles. The molecule has 1 N–H and O–H groups in total. The van der Waals surface area contributed by atoms with Crippen LogP contribution in [0.15, 0.2) is 23.8 Å². The fourth-order valence-corrected chi connectivity index (χ4v) is 3.53. The lowest BCUT2D eigenvalue weighted by Gasteiger charge is -2.28. The van der Waals surface area contributed by atoms with Crippen molar-refractivity contribution in [1.82, 2.24) is 5.32 Å². The summed E-state index contributed by atoms with van der Waals surface area (Å²) in [6, 6.07) is 0. The van der Waals surface area contributed by atoms with Gasteiger partial charge in [-0.05, 0) is 31.1 Å². The van der Waals surface area contributed by atoms with Crippen LogP contribution in [-0.2, 0) is 4.79 Å². The van der Waals surface area contributed by atoms with Crippen molar-refractivity contribution in [2.75, 3.05) is 6.54 Å². The summed E-state index contributed by atoms with van der Waals surface area (Å²) in [5, 5.41) is 2.99. The van der Waals surface area contributed by atoms with Gasteiger partial charge >= 0.3 is 0 Å². The Labute approximate surface area is 90.4 Å². The molecule has 0 aromatic heterocycles. The minimum atomic E-state index is -0.0629. The van der Waals surface area contributed by atoms with Crippen LogP contribution < -0.4 is 5.32 Å². The molecule has 2 unspecified atom stereocenters. The Bertz CT molecular complexity index is 382. The minimum Gasteiger partial charge on any atom is -0.356 e. The van der Waals surface area contributed by atoms with Crippen LogP contribution in [0.1, 0.15) is 32.6 Å². The molecule has 0 radical (unpaired) electrons. The van der Waals surface area contributed by atoms with Gasteiger partial charge < -0.3 is 5.32 Å². The molecule has 0 bridgehead atoms. The van der Waals surface area contributed by atoms with Gasteiger partial charge in [-0.2, -0.15) is 0 Å². The molecule has 2 aliphatic carbocycles. The van der Waals surface area contributed by atoms with E-state index in [1.807, 2.05) is 0 Å². The summed E-state index contributed by atoms with van der Waals surface area (Å²) in [6.07, 6.45) is 10.8. The number of fused-ring (bicyclic) bond motifs is 1. The number of hydrogen-bond acceptors (Lipinski definition) is 1. The van der Waals surface area contributed by atoms with Crippen LogP contribution in [0.3, 0.4) is 0 Å². The van der Waals surface area contributed by atoms with Gasteiger partial charge in [0.2, 0.25) is 5.91 Å². The fraction of sp³-hybridized carbons (Fsp3) is 0.615. The number of rotatable bonds is 0. The Kier molecular flexibility index (Phi) is 1.68.